The molecule has 2 heterocycles. The first-order chi connectivity index (χ1) is 9.88. The molecule has 0 saturated heterocycles. The number of rotatable bonds is 7. The molecule has 0 aromatic carbocycles. The predicted octanol–water partition coefficient (Wildman–Crippen LogP) is 0.853. The van der Waals surface area contributed by atoms with Gasteiger partial charge in [-0.1, -0.05) is 13.8 Å². The van der Waals surface area contributed by atoms with Gasteiger partial charge in [0.25, 0.3) is 0 Å². The zero-order chi connectivity index (χ0) is 15.5. The van der Waals surface area contributed by atoms with Crippen molar-refractivity contribution in [3.63, 3.8) is 0 Å². The van der Waals surface area contributed by atoms with Gasteiger partial charge in [0.15, 0.2) is 5.82 Å². The van der Waals surface area contributed by atoms with Crippen molar-refractivity contribution in [2.24, 2.45) is 7.05 Å². The third-order valence-corrected chi connectivity index (χ3v) is 5.27. The Morgan fingerprint density at radius 3 is 2.76 bits per heavy atom. The normalized spacial score (nSPS) is 12.2. The van der Waals surface area contributed by atoms with Crippen molar-refractivity contribution in [3.05, 3.63) is 28.5 Å². The van der Waals surface area contributed by atoms with Gasteiger partial charge < -0.3 is 5.32 Å². The standard InChI is InChI=1S/C12H19N5O2S2/c1-9(2)13-6-10-11(4-5-20-10)21(18,19)15-7-12-14-8-17(3)16-12/h4-5,8-9,13,15H,6-7H2,1-3H3. The number of nitrogens with one attached hydrogen (secondary N) is 2. The monoisotopic (exact) mass is 329 g/mol. The molecule has 0 unspecified atom stereocenters. The molecule has 0 aliphatic rings. The molecule has 2 aromatic rings. The molecule has 0 amide bonds. The van der Waals surface area contributed by atoms with E-state index in [9.17, 15) is 8.42 Å². The van der Waals surface area contributed by atoms with Crippen molar-refractivity contribution >= 4 is 21.4 Å². The second kappa shape index (κ2) is 6.65. The lowest BCUT2D eigenvalue weighted by atomic mass is 10.4. The number of hydrogen-bond acceptors (Lipinski definition) is 6. The Balaban J connectivity index is 2.07. The summed E-state index contributed by atoms with van der Waals surface area (Å²) < 4.78 is 28.8. The first-order valence-corrected chi connectivity index (χ1v) is 8.88. The van der Waals surface area contributed by atoms with Crippen molar-refractivity contribution < 1.29 is 8.42 Å². The molecule has 0 aliphatic carbocycles. The van der Waals surface area contributed by atoms with Crippen LogP contribution in [0.15, 0.2) is 22.7 Å². The van der Waals surface area contributed by atoms with Gasteiger partial charge in [0.2, 0.25) is 10.0 Å². The molecule has 0 aliphatic heterocycles. The van der Waals surface area contributed by atoms with Gasteiger partial charge in [-0.05, 0) is 11.4 Å². The van der Waals surface area contributed by atoms with Crippen LogP contribution < -0.4 is 10.0 Å². The summed E-state index contributed by atoms with van der Waals surface area (Å²) in [6.07, 6.45) is 1.53. The number of hydrogen-bond donors (Lipinski definition) is 2. The van der Waals surface area contributed by atoms with Crippen LogP contribution in [0.25, 0.3) is 0 Å². The second-order valence-corrected chi connectivity index (χ2v) is 7.64. The van der Waals surface area contributed by atoms with Crippen LogP contribution in [0.2, 0.25) is 0 Å². The van der Waals surface area contributed by atoms with E-state index in [1.54, 1.807) is 18.5 Å². The minimum atomic E-state index is -3.55. The van der Waals surface area contributed by atoms with Crippen LogP contribution in [0.3, 0.4) is 0 Å². The van der Waals surface area contributed by atoms with Crippen molar-refractivity contribution in [3.8, 4) is 0 Å². The minimum absolute atomic E-state index is 0.0794. The Labute approximate surface area is 128 Å². The third-order valence-electron chi connectivity index (χ3n) is 2.73. The maximum atomic E-state index is 12.3. The third kappa shape index (κ3) is 4.34. The summed E-state index contributed by atoms with van der Waals surface area (Å²) >= 11 is 1.43. The molecule has 0 spiro atoms. The van der Waals surface area contributed by atoms with Crippen LogP contribution in [0.5, 0.6) is 0 Å². The van der Waals surface area contributed by atoms with Gasteiger partial charge in [-0.15, -0.1) is 11.3 Å². The van der Waals surface area contributed by atoms with Crippen LogP contribution in [0.1, 0.15) is 24.5 Å². The first-order valence-electron chi connectivity index (χ1n) is 6.52. The molecular formula is C12H19N5O2S2. The van der Waals surface area contributed by atoms with E-state index in [1.165, 1.54) is 22.3 Å². The van der Waals surface area contributed by atoms with E-state index in [0.29, 0.717) is 23.3 Å². The largest absolute Gasteiger partial charge is 0.310 e. The number of aromatic nitrogens is 3. The van der Waals surface area contributed by atoms with Crippen LogP contribution >= 0.6 is 11.3 Å². The molecule has 0 saturated carbocycles. The molecule has 2 rings (SSSR count). The number of aryl methyl sites for hydroxylation is 1. The summed E-state index contributed by atoms with van der Waals surface area (Å²) in [5.41, 5.74) is 0. The molecule has 2 N–H and O–H groups in total. The van der Waals surface area contributed by atoms with Gasteiger partial charge >= 0.3 is 0 Å². The van der Waals surface area contributed by atoms with Gasteiger partial charge in [-0.2, -0.15) is 5.10 Å². The van der Waals surface area contributed by atoms with Gasteiger partial charge in [0.05, 0.1) is 11.4 Å². The Hall–Kier alpha value is -1.29. The fourth-order valence-corrected chi connectivity index (χ4v) is 4.07. The molecule has 116 valence electrons. The van der Waals surface area contributed by atoms with E-state index in [2.05, 4.69) is 20.1 Å². The molecule has 9 heteroatoms. The van der Waals surface area contributed by atoms with Gasteiger partial charge in [0, 0.05) is 24.5 Å². The molecule has 0 radical (unpaired) electrons. The van der Waals surface area contributed by atoms with Crippen molar-refractivity contribution in [2.45, 2.75) is 37.9 Å². The highest BCUT2D eigenvalue weighted by Crippen LogP contribution is 2.22. The molecule has 7 nitrogen and oxygen atoms in total. The van der Waals surface area contributed by atoms with E-state index in [4.69, 9.17) is 0 Å². The highest BCUT2D eigenvalue weighted by molar-refractivity contribution is 7.89. The van der Waals surface area contributed by atoms with Crippen molar-refractivity contribution in [2.75, 3.05) is 0 Å². The van der Waals surface area contributed by atoms with Crippen LogP contribution in [-0.2, 0) is 30.2 Å². The van der Waals surface area contributed by atoms with E-state index in [1.807, 2.05) is 13.8 Å². The highest BCUT2D eigenvalue weighted by atomic mass is 32.2. The number of nitrogens with zero attached hydrogens (tertiary/aromatic N) is 3. The summed E-state index contributed by atoms with van der Waals surface area (Å²) in [5.74, 6) is 0.443. The van der Waals surface area contributed by atoms with Crippen LogP contribution in [0.4, 0.5) is 0 Å². The van der Waals surface area contributed by atoms with Gasteiger partial charge in [0.1, 0.15) is 6.33 Å². The molecule has 21 heavy (non-hydrogen) atoms. The smallest absolute Gasteiger partial charge is 0.242 e. The zero-order valence-electron chi connectivity index (χ0n) is 12.2. The Bertz CT molecular complexity index is 690. The van der Waals surface area contributed by atoms with Crippen molar-refractivity contribution in [1.29, 1.82) is 0 Å². The maximum absolute atomic E-state index is 12.3. The lowest BCUT2D eigenvalue weighted by Crippen LogP contribution is -2.26. The average Bonchev–Trinajstić information content (AvgIpc) is 3.03. The number of sulfonamides is 1. The molecule has 0 fully saturated rings. The minimum Gasteiger partial charge on any atom is -0.310 e. The summed E-state index contributed by atoms with van der Waals surface area (Å²) in [5, 5.41) is 9.06. The SMILES string of the molecule is CC(C)NCc1sccc1S(=O)(=O)NCc1ncn(C)n1. The molecule has 0 atom stereocenters. The fraction of sp³-hybridized carbons (Fsp3) is 0.500. The average molecular weight is 329 g/mol. The number of thiophene rings is 1. The van der Waals surface area contributed by atoms with E-state index in [0.717, 1.165) is 4.88 Å². The predicted molar refractivity (Wildman–Crippen MR) is 81.3 cm³/mol. The maximum Gasteiger partial charge on any atom is 0.242 e. The Kier molecular flexibility index (Phi) is 5.09. The van der Waals surface area contributed by atoms with Gasteiger partial charge in [-0.25, -0.2) is 18.1 Å². The Morgan fingerprint density at radius 1 is 1.38 bits per heavy atom. The topological polar surface area (TPSA) is 88.9 Å². The molecular weight excluding hydrogens is 310 g/mol. The fourth-order valence-electron chi connectivity index (χ4n) is 1.70. The van der Waals surface area contributed by atoms with Crippen LogP contribution in [-0.4, -0.2) is 29.2 Å². The first kappa shape index (κ1) is 16.1. The summed E-state index contributed by atoms with van der Waals surface area (Å²) in [6, 6.07) is 1.92. The zero-order valence-corrected chi connectivity index (χ0v) is 13.8. The van der Waals surface area contributed by atoms with Crippen molar-refractivity contribution in [1.82, 2.24) is 24.8 Å². The van der Waals surface area contributed by atoms with E-state index < -0.39 is 10.0 Å². The van der Waals surface area contributed by atoms with E-state index >= 15 is 0 Å². The molecule has 0 bridgehead atoms. The van der Waals surface area contributed by atoms with Crippen LogP contribution in [0, 0.1) is 0 Å². The van der Waals surface area contributed by atoms with Gasteiger partial charge in [-0.3, -0.25) is 4.68 Å². The Morgan fingerprint density at radius 2 is 2.14 bits per heavy atom. The summed E-state index contributed by atoms with van der Waals surface area (Å²) in [7, 11) is -1.82. The van der Waals surface area contributed by atoms with E-state index in [-0.39, 0.29) is 6.54 Å². The summed E-state index contributed by atoms with van der Waals surface area (Å²) in [6.45, 7) is 4.66. The quantitative estimate of drug-likeness (QED) is 0.786. The summed E-state index contributed by atoms with van der Waals surface area (Å²) in [4.78, 5) is 5.11. The second-order valence-electron chi connectivity index (χ2n) is 4.90. The highest BCUT2D eigenvalue weighted by Gasteiger charge is 2.20. The lowest BCUT2D eigenvalue weighted by Gasteiger charge is -2.09. The lowest BCUT2D eigenvalue weighted by molar-refractivity contribution is 0.569. The molecule has 2 aromatic heterocycles.